The number of hydrogen-bond donors (Lipinski definition) is 1. The number of benzene rings is 2. The van der Waals surface area contributed by atoms with Gasteiger partial charge in [0.05, 0.1) is 12.2 Å². The van der Waals surface area contributed by atoms with E-state index in [4.69, 9.17) is 10.00 Å². The lowest BCUT2D eigenvalue weighted by molar-refractivity contribution is 0.0692. The topological polar surface area (TPSA) is 70.3 Å². The van der Waals surface area contributed by atoms with Crippen LogP contribution in [0.1, 0.15) is 29.3 Å². The molecule has 0 heterocycles. The minimum atomic E-state index is -1.10. The average molecular weight is 299 g/mol. The molecule has 2 aromatic rings. The summed E-state index contributed by atoms with van der Waals surface area (Å²) in [5.41, 5.74) is 1.11. The first-order chi connectivity index (χ1) is 10.6. The molecule has 0 aliphatic rings. The minimum Gasteiger partial charge on any atom is -0.493 e. The quantitative estimate of drug-likeness (QED) is 0.910. The van der Waals surface area contributed by atoms with Crippen LogP contribution >= 0.6 is 0 Å². The van der Waals surface area contributed by atoms with Gasteiger partial charge >= 0.3 is 5.97 Å². The lowest BCUT2D eigenvalue weighted by Crippen LogP contribution is -2.04. The fourth-order valence-electron chi connectivity index (χ4n) is 2.01. The zero-order valence-corrected chi connectivity index (χ0v) is 12.0. The van der Waals surface area contributed by atoms with Crippen LogP contribution in [0.25, 0.3) is 11.1 Å². The fourth-order valence-corrected chi connectivity index (χ4v) is 2.01. The molecule has 0 fully saturated rings. The molecule has 0 spiro atoms. The van der Waals surface area contributed by atoms with Gasteiger partial charge in [0.1, 0.15) is 23.2 Å². The summed E-state index contributed by atoms with van der Waals surface area (Å²) in [7, 11) is 0. The van der Waals surface area contributed by atoms with E-state index >= 15 is 0 Å². The van der Waals surface area contributed by atoms with Gasteiger partial charge in [-0.3, -0.25) is 0 Å². The van der Waals surface area contributed by atoms with Gasteiger partial charge in [-0.25, -0.2) is 9.18 Å². The van der Waals surface area contributed by atoms with Gasteiger partial charge in [0, 0.05) is 0 Å². The van der Waals surface area contributed by atoms with Crippen molar-refractivity contribution in [3.05, 3.63) is 53.3 Å². The number of halogens is 1. The van der Waals surface area contributed by atoms with Crippen molar-refractivity contribution in [3.8, 4) is 22.9 Å². The number of ether oxygens (including phenoxy) is 1. The van der Waals surface area contributed by atoms with E-state index in [0.717, 1.165) is 6.42 Å². The second kappa shape index (κ2) is 6.72. The minimum absolute atomic E-state index is 0.0359. The summed E-state index contributed by atoms with van der Waals surface area (Å²) in [5, 5.41) is 18.2. The van der Waals surface area contributed by atoms with Gasteiger partial charge in [0.15, 0.2) is 0 Å². The van der Waals surface area contributed by atoms with Gasteiger partial charge in [-0.15, -0.1) is 0 Å². The van der Waals surface area contributed by atoms with Gasteiger partial charge in [0.2, 0.25) is 0 Å². The van der Waals surface area contributed by atoms with Crippen LogP contribution in [0, 0.1) is 17.1 Å². The smallest absolute Gasteiger partial charge is 0.339 e. The molecule has 0 saturated heterocycles. The molecule has 0 amide bonds. The highest BCUT2D eigenvalue weighted by Gasteiger charge is 2.14. The van der Waals surface area contributed by atoms with Gasteiger partial charge in [-0.2, -0.15) is 5.26 Å². The molecule has 112 valence electrons. The summed E-state index contributed by atoms with van der Waals surface area (Å²) in [6.07, 6.45) is 0.768. The molecule has 0 unspecified atom stereocenters. The van der Waals surface area contributed by atoms with Crippen molar-refractivity contribution in [1.82, 2.24) is 0 Å². The zero-order valence-electron chi connectivity index (χ0n) is 12.0. The van der Waals surface area contributed by atoms with Crippen molar-refractivity contribution in [2.45, 2.75) is 13.3 Å². The van der Waals surface area contributed by atoms with E-state index in [9.17, 15) is 14.3 Å². The first-order valence-corrected chi connectivity index (χ1v) is 6.77. The molecule has 1 N–H and O–H groups in total. The summed E-state index contributed by atoms with van der Waals surface area (Å²) in [6, 6.07) is 10.6. The van der Waals surface area contributed by atoms with Crippen LogP contribution in [0.3, 0.4) is 0 Å². The Hall–Kier alpha value is -2.87. The third-order valence-corrected chi connectivity index (χ3v) is 3.09. The standard InChI is InChI=1S/C17H14FNO3/c1-2-7-22-16-6-4-12(9-14(16)17(20)21)11-3-5-15(18)13(8-11)10-19/h3-6,8-9H,2,7H2,1H3,(H,20,21). The molecule has 0 aliphatic carbocycles. The maximum absolute atomic E-state index is 13.4. The molecular formula is C17H14FNO3. The fraction of sp³-hybridized carbons (Fsp3) is 0.176. The van der Waals surface area contributed by atoms with Crippen LogP contribution in [0.2, 0.25) is 0 Å². The highest BCUT2D eigenvalue weighted by atomic mass is 19.1. The lowest BCUT2D eigenvalue weighted by Gasteiger charge is -2.10. The Morgan fingerprint density at radius 3 is 2.59 bits per heavy atom. The predicted octanol–water partition coefficient (Wildman–Crippen LogP) is 3.85. The molecule has 22 heavy (non-hydrogen) atoms. The third-order valence-electron chi connectivity index (χ3n) is 3.09. The first kappa shape index (κ1) is 15.5. The molecule has 0 radical (unpaired) electrons. The number of nitrogens with zero attached hydrogens (tertiary/aromatic N) is 1. The lowest BCUT2D eigenvalue weighted by atomic mass is 10.0. The first-order valence-electron chi connectivity index (χ1n) is 6.77. The normalized spacial score (nSPS) is 10.0. The number of carboxylic acids is 1. The Morgan fingerprint density at radius 1 is 1.27 bits per heavy atom. The Kier molecular flexibility index (Phi) is 4.74. The Labute approximate surface area is 127 Å². The van der Waals surface area contributed by atoms with Gasteiger partial charge in [-0.05, 0) is 41.8 Å². The van der Waals surface area contributed by atoms with Crippen LogP contribution in [0.4, 0.5) is 4.39 Å². The molecule has 0 aliphatic heterocycles. The summed E-state index contributed by atoms with van der Waals surface area (Å²) >= 11 is 0. The Morgan fingerprint density at radius 2 is 1.95 bits per heavy atom. The summed E-state index contributed by atoms with van der Waals surface area (Å²) in [5.74, 6) is -1.41. The van der Waals surface area contributed by atoms with E-state index in [1.54, 1.807) is 18.2 Å². The maximum atomic E-state index is 13.4. The van der Waals surface area contributed by atoms with E-state index in [-0.39, 0.29) is 11.1 Å². The second-order valence-electron chi connectivity index (χ2n) is 4.67. The molecule has 0 bridgehead atoms. The SMILES string of the molecule is CCCOc1ccc(-c2ccc(F)c(C#N)c2)cc1C(=O)O. The summed E-state index contributed by atoms with van der Waals surface area (Å²) < 4.78 is 18.8. The molecular weight excluding hydrogens is 285 g/mol. The molecule has 0 aromatic heterocycles. The summed E-state index contributed by atoms with van der Waals surface area (Å²) in [4.78, 5) is 11.4. The van der Waals surface area contributed by atoms with E-state index in [1.807, 2.05) is 6.92 Å². The van der Waals surface area contributed by atoms with Crippen molar-refractivity contribution < 1.29 is 19.0 Å². The number of hydrogen-bond acceptors (Lipinski definition) is 3. The van der Waals surface area contributed by atoms with Gasteiger partial charge < -0.3 is 9.84 Å². The predicted molar refractivity (Wildman–Crippen MR) is 79.3 cm³/mol. The molecule has 5 heteroatoms. The second-order valence-corrected chi connectivity index (χ2v) is 4.67. The van der Waals surface area contributed by atoms with Crippen LogP contribution in [-0.4, -0.2) is 17.7 Å². The monoisotopic (exact) mass is 299 g/mol. The molecule has 2 rings (SSSR count). The van der Waals surface area contributed by atoms with Crippen molar-refractivity contribution >= 4 is 5.97 Å². The maximum Gasteiger partial charge on any atom is 0.339 e. The Bertz CT molecular complexity index is 750. The molecule has 4 nitrogen and oxygen atoms in total. The number of nitriles is 1. The third kappa shape index (κ3) is 3.23. The van der Waals surface area contributed by atoms with Gasteiger partial charge in [-0.1, -0.05) is 19.1 Å². The van der Waals surface area contributed by atoms with Crippen molar-refractivity contribution in [2.75, 3.05) is 6.61 Å². The highest BCUT2D eigenvalue weighted by molar-refractivity contribution is 5.92. The van der Waals surface area contributed by atoms with Gasteiger partial charge in [0.25, 0.3) is 0 Å². The number of rotatable bonds is 5. The van der Waals surface area contributed by atoms with Crippen molar-refractivity contribution in [2.24, 2.45) is 0 Å². The molecule has 2 aromatic carbocycles. The van der Waals surface area contributed by atoms with Crippen molar-refractivity contribution in [1.29, 1.82) is 5.26 Å². The van der Waals surface area contributed by atoms with E-state index < -0.39 is 11.8 Å². The average Bonchev–Trinajstić information content (AvgIpc) is 2.53. The zero-order chi connectivity index (χ0) is 16.1. The van der Waals surface area contributed by atoms with E-state index in [2.05, 4.69) is 0 Å². The van der Waals surface area contributed by atoms with Crippen molar-refractivity contribution in [3.63, 3.8) is 0 Å². The molecule has 0 saturated carbocycles. The number of carbonyl (C=O) groups is 1. The largest absolute Gasteiger partial charge is 0.493 e. The van der Waals surface area contributed by atoms with Crippen LogP contribution in [-0.2, 0) is 0 Å². The number of aromatic carboxylic acids is 1. The number of carboxylic acid groups (broad SMARTS) is 1. The van der Waals surface area contributed by atoms with E-state index in [1.165, 1.54) is 24.3 Å². The summed E-state index contributed by atoms with van der Waals surface area (Å²) in [6.45, 7) is 2.35. The van der Waals surface area contributed by atoms with Crippen LogP contribution in [0.15, 0.2) is 36.4 Å². The Balaban J connectivity index is 2.47. The van der Waals surface area contributed by atoms with Crippen LogP contribution in [0.5, 0.6) is 5.75 Å². The van der Waals surface area contributed by atoms with E-state index in [0.29, 0.717) is 23.5 Å². The molecule has 0 atom stereocenters. The highest BCUT2D eigenvalue weighted by Crippen LogP contribution is 2.28. The van der Waals surface area contributed by atoms with Crippen LogP contribution < -0.4 is 4.74 Å².